The highest BCUT2D eigenvalue weighted by molar-refractivity contribution is 5.69. The van der Waals surface area contributed by atoms with E-state index in [1.54, 1.807) is 0 Å². The van der Waals surface area contributed by atoms with Crippen LogP contribution in [0, 0.1) is 12.3 Å². The molecule has 0 saturated heterocycles. The van der Waals surface area contributed by atoms with Crippen LogP contribution >= 0.6 is 0 Å². The molecule has 1 aromatic rings. The van der Waals surface area contributed by atoms with E-state index in [4.69, 9.17) is 5.73 Å². The van der Waals surface area contributed by atoms with Crippen LogP contribution in [0.15, 0.2) is 18.2 Å². The lowest BCUT2D eigenvalue weighted by atomic mass is 9.67. The molecule has 2 rings (SSSR count). The maximum atomic E-state index is 5.99. The zero-order chi connectivity index (χ0) is 11.6. The summed E-state index contributed by atoms with van der Waals surface area (Å²) in [4.78, 5) is 0. The molecule has 1 aliphatic carbocycles. The Morgan fingerprint density at radius 2 is 2.12 bits per heavy atom. The molecule has 1 saturated carbocycles. The Balaban J connectivity index is 2.04. The fourth-order valence-electron chi connectivity index (χ4n) is 2.54. The maximum absolute atomic E-state index is 5.99. The van der Waals surface area contributed by atoms with Crippen LogP contribution in [0.5, 0.6) is 0 Å². The molecule has 1 fully saturated rings. The molecule has 0 aliphatic heterocycles. The molecule has 0 atom stereocenters. The van der Waals surface area contributed by atoms with Gasteiger partial charge in [-0.05, 0) is 43.2 Å². The van der Waals surface area contributed by atoms with Crippen LogP contribution in [-0.2, 0) is 0 Å². The Hall–Kier alpha value is -1.18. The molecule has 3 N–H and O–H groups in total. The minimum Gasteiger partial charge on any atom is -0.397 e. The number of anilines is 2. The van der Waals surface area contributed by atoms with Crippen LogP contribution in [0.4, 0.5) is 11.4 Å². The second kappa shape index (κ2) is 4.36. The van der Waals surface area contributed by atoms with E-state index in [9.17, 15) is 0 Å². The first-order valence-electron chi connectivity index (χ1n) is 6.26. The number of nitrogens with one attached hydrogen (secondary N) is 1. The van der Waals surface area contributed by atoms with Gasteiger partial charge in [-0.25, -0.2) is 0 Å². The number of hydrogen-bond donors (Lipinski definition) is 2. The first kappa shape index (κ1) is 11.3. The Bertz CT molecular complexity index is 341. The smallest absolute Gasteiger partial charge is 0.0603 e. The van der Waals surface area contributed by atoms with Crippen LogP contribution in [0.1, 0.15) is 38.2 Å². The van der Waals surface area contributed by atoms with Crippen molar-refractivity contribution in [2.45, 2.75) is 39.5 Å². The van der Waals surface area contributed by atoms with Crippen molar-refractivity contribution in [1.29, 1.82) is 0 Å². The number of hydrogen-bond acceptors (Lipinski definition) is 2. The summed E-state index contributed by atoms with van der Waals surface area (Å²) in [6.45, 7) is 5.47. The lowest BCUT2D eigenvalue weighted by Crippen LogP contribution is -2.36. The lowest BCUT2D eigenvalue weighted by Gasteiger charge is -2.41. The second-order valence-electron chi connectivity index (χ2n) is 5.10. The van der Waals surface area contributed by atoms with Gasteiger partial charge in [0.1, 0.15) is 0 Å². The fraction of sp³-hybridized carbons (Fsp3) is 0.571. The van der Waals surface area contributed by atoms with Crippen LogP contribution in [-0.4, -0.2) is 6.54 Å². The number of para-hydroxylation sites is 1. The van der Waals surface area contributed by atoms with Crippen molar-refractivity contribution in [1.82, 2.24) is 0 Å². The van der Waals surface area contributed by atoms with Crippen molar-refractivity contribution < 1.29 is 0 Å². The number of benzene rings is 1. The van der Waals surface area contributed by atoms with E-state index in [0.29, 0.717) is 5.41 Å². The topological polar surface area (TPSA) is 38.0 Å². The summed E-state index contributed by atoms with van der Waals surface area (Å²) >= 11 is 0. The Labute approximate surface area is 98.2 Å². The SMILES string of the molecule is CCC1(CNc2c(C)cccc2N)CCC1. The highest BCUT2D eigenvalue weighted by Gasteiger charge is 2.34. The Kier molecular flexibility index (Phi) is 3.08. The zero-order valence-electron chi connectivity index (χ0n) is 10.3. The molecular formula is C14H22N2. The summed E-state index contributed by atoms with van der Waals surface area (Å²) in [5, 5.41) is 3.55. The van der Waals surface area contributed by atoms with Crippen LogP contribution in [0.25, 0.3) is 0 Å². The standard InChI is InChI=1S/C14H22N2/c1-3-14(8-5-9-14)10-16-13-11(2)6-4-7-12(13)15/h4,6-7,16H,3,5,8-10,15H2,1-2H3. The summed E-state index contributed by atoms with van der Waals surface area (Å²) in [5.74, 6) is 0. The molecule has 2 heteroatoms. The summed E-state index contributed by atoms with van der Waals surface area (Å²) in [6, 6.07) is 6.08. The van der Waals surface area contributed by atoms with E-state index in [1.165, 1.54) is 31.2 Å². The molecule has 1 aromatic carbocycles. The van der Waals surface area contributed by atoms with E-state index >= 15 is 0 Å². The van der Waals surface area contributed by atoms with Gasteiger partial charge >= 0.3 is 0 Å². The third-order valence-corrected chi connectivity index (χ3v) is 4.11. The Morgan fingerprint density at radius 1 is 1.38 bits per heavy atom. The average molecular weight is 218 g/mol. The number of nitrogen functional groups attached to an aromatic ring is 1. The molecule has 88 valence electrons. The van der Waals surface area contributed by atoms with Crippen molar-refractivity contribution in [3.63, 3.8) is 0 Å². The molecule has 0 heterocycles. The number of aryl methyl sites for hydroxylation is 1. The van der Waals surface area contributed by atoms with E-state index in [1.807, 2.05) is 12.1 Å². The van der Waals surface area contributed by atoms with Gasteiger partial charge in [0.25, 0.3) is 0 Å². The van der Waals surface area contributed by atoms with Crippen molar-refractivity contribution in [2.24, 2.45) is 5.41 Å². The summed E-state index contributed by atoms with van der Waals surface area (Å²) in [5.41, 5.74) is 9.76. The highest BCUT2D eigenvalue weighted by Crippen LogP contribution is 2.44. The monoisotopic (exact) mass is 218 g/mol. The molecule has 0 unspecified atom stereocenters. The predicted molar refractivity (Wildman–Crippen MR) is 70.7 cm³/mol. The van der Waals surface area contributed by atoms with Gasteiger partial charge in [0.05, 0.1) is 11.4 Å². The average Bonchev–Trinajstić information content (AvgIpc) is 2.20. The third kappa shape index (κ3) is 2.01. The van der Waals surface area contributed by atoms with Crippen molar-refractivity contribution in [3.8, 4) is 0 Å². The van der Waals surface area contributed by atoms with E-state index in [0.717, 1.165) is 17.9 Å². The highest BCUT2D eigenvalue weighted by atomic mass is 14.9. The van der Waals surface area contributed by atoms with Gasteiger partial charge in [-0.2, -0.15) is 0 Å². The van der Waals surface area contributed by atoms with Crippen LogP contribution in [0.3, 0.4) is 0 Å². The zero-order valence-corrected chi connectivity index (χ0v) is 10.3. The second-order valence-corrected chi connectivity index (χ2v) is 5.10. The van der Waals surface area contributed by atoms with Gasteiger partial charge in [0.15, 0.2) is 0 Å². The summed E-state index contributed by atoms with van der Waals surface area (Å²) < 4.78 is 0. The van der Waals surface area contributed by atoms with E-state index in [2.05, 4.69) is 25.2 Å². The molecule has 2 nitrogen and oxygen atoms in total. The van der Waals surface area contributed by atoms with Crippen molar-refractivity contribution in [2.75, 3.05) is 17.6 Å². The van der Waals surface area contributed by atoms with Gasteiger partial charge in [0, 0.05) is 6.54 Å². The Morgan fingerprint density at radius 3 is 2.62 bits per heavy atom. The van der Waals surface area contributed by atoms with Gasteiger partial charge in [-0.1, -0.05) is 25.5 Å². The summed E-state index contributed by atoms with van der Waals surface area (Å²) in [6.07, 6.45) is 5.38. The van der Waals surface area contributed by atoms with Gasteiger partial charge in [0.2, 0.25) is 0 Å². The van der Waals surface area contributed by atoms with Crippen molar-refractivity contribution >= 4 is 11.4 Å². The van der Waals surface area contributed by atoms with E-state index < -0.39 is 0 Å². The molecule has 0 aromatic heterocycles. The predicted octanol–water partition coefficient (Wildman–Crippen LogP) is 3.57. The number of nitrogens with two attached hydrogens (primary N) is 1. The fourth-order valence-corrected chi connectivity index (χ4v) is 2.54. The minimum absolute atomic E-state index is 0.536. The maximum Gasteiger partial charge on any atom is 0.0603 e. The number of rotatable bonds is 4. The lowest BCUT2D eigenvalue weighted by molar-refractivity contribution is 0.145. The van der Waals surface area contributed by atoms with E-state index in [-0.39, 0.29) is 0 Å². The molecule has 1 aliphatic rings. The molecule has 0 spiro atoms. The quantitative estimate of drug-likeness (QED) is 0.758. The molecular weight excluding hydrogens is 196 g/mol. The van der Waals surface area contributed by atoms with Gasteiger partial charge in [-0.3, -0.25) is 0 Å². The van der Waals surface area contributed by atoms with Crippen LogP contribution in [0.2, 0.25) is 0 Å². The molecule has 0 amide bonds. The molecule has 16 heavy (non-hydrogen) atoms. The first-order valence-corrected chi connectivity index (χ1v) is 6.26. The normalized spacial score (nSPS) is 17.9. The first-order chi connectivity index (χ1) is 7.67. The minimum atomic E-state index is 0.536. The third-order valence-electron chi connectivity index (χ3n) is 4.11. The van der Waals surface area contributed by atoms with Gasteiger partial charge < -0.3 is 11.1 Å². The molecule has 0 radical (unpaired) electrons. The van der Waals surface area contributed by atoms with Crippen LogP contribution < -0.4 is 11.1 Å². The van der Waals surface area contributed by atoms with Crippen molar-refractivity contribution in [3.05, 3.63) is 23.8 Å². The largest absolute Gasteiger partial charge is 0.397 e. The summed E-state index contributed by atoms with van der Waals surface area (Å²) in [7, 11) is 0. The molecule has 0 bridgehead atoms. The van der Waals surface area contributed by atoms with Gasteiger partial charge in [-0.15, -0.1) is 0 Å².